The molecule has 0 saturated heterocycles. The minimum atomic E-state index is -0.00641. The summed E-state index contributed by atoms with van der Waals surface area (Å²) in [6.07, 6.45) is 0. The Morgan fingerprint density at radius 1 is 1.00 bits per heavy atom. The average molecular weight is 401 g/mol. The van der Waals surface area contributed by atoms with Crippen LogP contribution in [0.3, 0.4) is 0 Å². The van der Waals surface area contributed by atoms with Gasteiger partial charge >= 0.3 is 0 Å². The molecule has 1 atom stereocenters. The van der Waals surface area contributed by atoms with Gasteiger partial charge < -0.3 is 15.2 Å². The van der Waals surface area contributed by atoms with Crippen LogP contribution in [0.2, 0.25) is 0 Å². The Kier molecular flexibility index (Phi) is 5.07. The summed E-state index contributed by atoms with van der Waals surface area (Å²) in [4.78, 5) is 0. The predicted octanol–water partition coefficient (Wildman–Crippen LogP) is 5.03. The summed E-state index contributed by atoms with van der Waals surface area (Å²) >= 11 is 6.97. The monoisotopic (exact) mass is 399 g/mol. The van der Waals surface area contributed by atoms with E-state index in [0.717, 1.165) is 31.8 Å². The quantitative estimate of drug-likeness (QED) is 0.782. The molecule has 2 rings (SSSR count). The summed E-state index contributed by atoms with van der Waals surface area (Å²) in [5.41, 5.74) is 6.91. The molecule has 2 N–H and O–H groups in total. The van der Waals surface area contributed by atoms with Crippen LogP contribution in [-0.2, 0) is 0 Å². The maximum Gasteiger partial charge on any atom is 0.141 e. The van der Waals surface area contributed by atoms with Crippen LogP contribution in [0.5, 0.6) is 17.2 Å². The summed E-state index contributed by atoms with van der Waals surface area (Å²) in [6, 6.07) is 11.4. The van der Waals surface area contributed by atoms with E-state index in [1.807, 2.05) is 43.3 Å². The lowest BCUT2D eigenvalue weighted by atomic mass is 10.1. The van der Waals surface area contributed by atoms with Crippen molar-refractivity contribution >= 4 is 31.9 Å². The molecule has 0 aliphatic rings. The van der Waals surface area contributed by atoms with Crippen LogP contribution in [0.15, 0.2) is 45.3 Å². The van der Waals surface area contributed by atoms with Gasteiger partial charge in [-0.15, -0.1) is 0 Å². The predicted molar refractivity (Wildman–Crippen MR) is 87.5 cm³/mol. The van der Waals surface area contributed by atoms with E-state index in [9.17, 15) is 0 Å². The molecule has 2 aromatic carbocycles. The zero-order valence-corrected chi connectivity index (χ0v) is 14.4. The Morgan fingerprint density at radius 3 is 2.10 bits per heavy atom. The van der Waals surface area contributed by atoms with E-state index in [1.165, 1.54) is 0 Å². The first-order valence-electron chi connectivity index (χ1n) is 6.07. The number of methoxy groups -OCH3 is 1. The Hall–Kier alpha value is -1.04. The smallest absolute Gasteiger partial charge is 0.141 e. The van der Waals surface area contributed by atoms with Gasteiger partial charge in [0.15, 0.2) is 0 Å². The molecule has 0 bridgehead atoms. The summed E-state index contributed by atoms with van der Waals surface area (Å²) in [5.74, 6) is 2.23. The van der Waals surface area contributed by atoms with Crippen molar-refractivity contribution < 1.29 is 9.47 Å². The number of nitrogens with two attached hydrogens (primary N) is 1. The number of benzene rings is 2. The number of rotatable bonds is 4. The zero-order chi connectivity index (χ0) is 14.7. The summed E-state index contributed by atoms with van der Waals surface area (Å²) in [7, 11) is 1.63. The van der Waals surface area contributed by atoms with Crippen molar-refractivity contribution in [2.24, 2.45) is 5.73 Å². The number of halogens is 2. The maximum atomic E-state index is 5.88. The molecule has 0 amide bonds. The summed E-state index contributed by atoms with van der Waals surface area (Å²) in [6.45, 7) is 1.95. The van der Waals surface area contributed by atoms with Gasteiger partial charge in [0.05, 0.1) is 16.1 Å². The maximum absolute atomic E-state index is 5.88. The van der Waals surface area contributed by atoms with Crippen molar-refractivity contribution in [3.8, 4) is 17.2 Å². The van der Waals surface area contributed by atoms with Crippen LogP contribution < -0.4 is 15.2 Å². The van der Waals surface area contributed by atoms with E-state index < -0.39 is 0 Å². The molecule has 0 aromatic heterocycles. The summed E-state index contributed by atoms with van der Waals surface area (Å²) < 4.78 is 12.7. The molecule has 0 aliphatic carbocycles. The third-order valence-corrected chi connectivity index (χ3v) is 4.08. The van der Waals surface area contributed by atoms with E-state index in [4.69, 9.17) is 15.2 Å². The second-order valence-corrected chi connectivity index (χ2v) is 6.09. The van der Waals surface area contributed by atoms with Crippen molar-refractivity contribution in [1.82, 2.24) is 0 Å². The highest BCUT2D eigenvalue weighted by atomic mass is 79.9. The van der Waals surface area contributed by atoms with Crippen LogP contribution in [0.4, 0.5) is 0 Å². The third kappa shape index (κ3) is 3.53. The Labute approximate surface area is 135 Å². The minimum absolute atomic E-state index is 0.00641. The van der Waals surface area contributed by atoms with E-state index >= 15 is 0 Å². The van der Waals surface area contributed by atoms with E-state index in [0.29, 0.717) is 0 Å². The average Bonchev–Trinajstić information content (AvgIpc) is 2.42. The second kappa shape index (κ2) is 6.61. The van der Waals surface area contributed by atoms with Gasteiger partial charge in [0.2, 0.25) is 0 Å². The molecule has 0 saturated carbocycles. The molecular formula is C15H15Br2NO2. The van der Waals surface area contributed by atoms with Gasteiger partial charge in [0.25, 0.3) is 0 Å². The molecule has 0 unspecified atom stereocenters. The van der Waals surface area contributed by atoms with Crippen molar-refractivity contribution in [2.75, 3.05) is 7.11 Å². The standard InChI is InChI=1S/C15H15Br2NO2/c1-9(18)10-3-5-14(12(16)7-10)20-15-6-4-11(19-2)8-13(15)17/h3-9H,18H2,1-2H3/t9-/m0/s1. The SMILES string of the molecule is COc1ccc(Oc2ccc([C@H](C)N)cc2Br)c(Br)c1. The minimum Gasteiger partial charge on any atom is -0.497 e. The number of hydrogen-bond donors (Lipinski definition) is 1. The zero-order valence-electron chi connectivity index (χ0n) is 11.2. The molecule has 20 heavy (non-hydrogen) atoms. The molecule has 106 valence electrons. The molecule has 0 heterocycles. The third-order valence-electron chi connectivity index (χ3n) is 2.84. The first kappa shape index (κ1) is 15.4. The second-order valence-electron chi connectivity index (χ2n) is 4.38. The van der Waals surface area contributed by atoms with Crippen molar-refractivity contribution in [3.63, 3.8) is 0 Å². The molecule has 0 spiro atoms. The largest absolute Gasteiger partial charge is 0.497 e. The van der Waals surface area contributed by atoms with Crippen molar-refractivity contribution in [1.29, 1.82) is 0 Å². The van der Waals surface area contributed by atoms with Crippen LogP contribution in [0.1, 0.15) is 18.5 Å². The fourth-order valence-electron chi connectivity index (χ4n) is 1.69. The fourth-order valence-corrected chi connectivity index (χ4v) is 2.61. The van der Waals surface area contributed by atoms with E-state index in [-0.39, 0.29) is 6.04 Å². The molecule has 2 aromatic rings. The van der Waals surface area contributed by atoms with Crippen LogP contribution in [0, 0.1) is 0 Å². The van der Waals surface area contributed by atoms with E-state index in [2.05, 4.69) is 31.9 Å². The van der Waals surface area contributed by atoms with Crippen molar-refractivity contribution in [2.45, 2.75) is 13.0 Å². The fraction of sp³-hybridized carbons (Fsp3) is 0.200. The molecule has 0 radical (unpaired) electrons. The van der Waals surface area contributed by atoms with E-state index in [1.54, 1.807) is 7.11 Å². The van der Waals surface area contributed by atoms with Gasteiger partial charge in [0, 0.05) is 6.04 Å². The molecule has 5 heteroatoms. The van der Waals surface area contributed by atoms with Gasteiger partial charge in [-0.2, -0.15) is 0 Å². The Bertz CT molecular complexity index is 615. The molecule has 0 aliphatic heterocycles. The van der Waals surface area contributed by atoms with Crippen LogP contribution in [0.25, 0.3) is 0 Å². The lowest BCUT2D eigenvalue weighted by Gasteiger charge is -2.12. The summed E-state index contributed by atoms with van der Waals surface area (Å²) in [5, 5.41) is 0. The lowest BCUT2D eigenvalue weighted by molar-refractivity contribution is 0.412. The first-order valence-corrected chi connectivity index (χ1v) is 7.66. The highest BCUT2D eigenvalue weighted by Crippen LogP contribution is 2.36. The Morgan fingerprint density at radius 2 is 1.60 bits per heavy atom. The van der Waals surface area contributed by atoms with Crippen molar-refractivity contribution in [3.05, 3.63) is 50.9 Å². The topological polar surface area (TPSA) is 44.5 Å². The molecular weight excluding hydrogens is 386 g/mol. The highest BCUT2D eigenvalue weighted by Gasteiger charge is 2.09. The van der Waals surface area contributed by atoms with Gasteiger partial charge in [-0.1, -0.05) is 6.07 Å². The number of ether oxygens (including phenoxy) is 2. The molecule has 3 nitrogen and oxygen atoms in total. The highest BCUT2D eigenvalue weighted by molar-refractivity contribution is 9.11. The van der Waals surface area contributed by atoms with Gasteiger partial charge in [-0.25, -0.2) is 0 Å². The molecule has 0 fully saturated rings. The van der Waals surface area contributed by atoms with Gasteiger partial charge in [-0.3, -0.25) is 0 Å². The number of hydrogen-bond acceptors (Lipinski definition) is 3. The van der Waals surface area contributed by atoms with Gasteiger partial charge in [0.1, 0.15) is 17.2 Å². The normalized spacial score (nSPS) is 12.1. The van der Waals surface area contributed by atoms with Crippen LogP contribution in [-0.4, -0.2) is 7.11 Å². The van der Waals surface area contributed by atoms with Crippen LogP contribution >= 0.6 is 31.9 Å². The lowest BCUT2D eigenvalue weighted by Crippen LogP contribution is -2.04. The first-order chi connectivity index (χ1) is 9.51. The Balaban J connectivity index is 2.26. The van der Waals surface area contributed by atoms with Gasteiger partial charge in [-0.05, 0) is 74.7 Å².